The third kappa shape index (κ3) is 5.00. The summed E-state index contributed by atoms with van der Waals surface area (Å²) in [6.45, 7) is 5.57. The Balaban J connectivity index is 1.80. The molecule has 1 aromatic heterocycles. The summed E-state index contributed by atoms with van der Waals surface area (Å²) in [6, 6.07) is 10.5. The minimum atomic E-state index is -0.390. The zero-order valence-corrected chi connectivity index (χ0v) is 18.0. The van der Waals surface area contributed by atoms with Crippen LogP contribution in [0, 0.1) is 0 Å². The smallest absolute Gasteiger partial charge is 0.318 e. The van der Waals surface area contributed by atoms with E-state index in [0.717, 1.165) is 17.0 Å². The number of likely N-dealkylation sites (N-methyl/N-ethyl adjacent to an activating group) is 1. The minimum absolute atomic E-state index is 0.0987. The summed E-state index contributed by atoms with van der Waals surface area (Å²) in [5.74, 6) is 1.11. The zero-order valence-electron chi connectivity index (χ0n) is 18.0. The number of amides is 3. The summed E-state index contributed by atoms with van der Waals surface area (Å²) < 4.78 is 10.8. The maximum atomic E-state index is 13.0. The Morgan fingerprint density at radius 3 is 2.53 bits per heavy atom. The second-order valence-electron chi connectivity index (χ2n) is 8.29. The first kappa shape index (κ1) is 21.4. The van der Waals surface area contributed by atoms with Crippen molar-refractivity contribution in [2.75, 3.05) is 20.7 Å². The highest BCUT2D eigenvalue weighted by molar-refractivity contribution is 6.03. The average molecular weight is 412 g/mol. The molecule has 160 valence electrons. The van der Waals surface area contributed by atoms with E-state index in [4.69, 9.17) is 9.15 Å². The van der Waals surface area contributed by atoms with Crippen LogP contribution >= 0.6 is 0 Å². The molecule has 3 amide bonds. The highest BCUT2D eigenvalue weighted by Crippen LogP contribution is 2.33. The third-order valence-corrected chi connectivity index (χ3v) is 4.66. The number of hydrogen-bond acceptors (Lipinski definition) is 5. The lowest BCUT2D eigenvalue weighted by molar-refractivity contribution is -0.133. The second-order valence-corrected chi connectivity index (χ2v) is 8.29. The molecule has 1 unspecified atom stereocenters. The van der Waals surface area contributed by atoms with E-state index in [1.54, 1.807) is 26.5 Å². The van der Waals surface area contributed by atoms with Gasteiger partial charge in [-0.3, -0.25) is 4.79 Å². The van der Waals surface area contributed by atoms with Gasteiger partial charge in [0, 0.05) is 19.0 Å². The van der Waals surface area contributed by atoms with Gasteiger partial charge in [-0.05, 0) is 62.7 Å². The van der Waals surface area contributed by atoms with Crippen molar-refractivity contribution in [3.8, 4) is 5.75 Å². The van der Waals surface area contributed by atoms with Crippen LogP contribution in [0.4, 0.5) is 4.79 Å². The lowest BCUT2D eigenvalue weighted by Crippen LogP contribution is -2.49. The lowest BCUT2D eigenvalue weighted by atomic mass is 10.0. The van der Waals surface area contributed by atoms with Crippen LogP contribution in [0.25, 0.3) is 0 Å². The topological polar surface area (TPSA) is 87.4 Å². The number of hydrazone groups is 1. The normalized spacial score (nSPS) is 16.2. The summed E-state index contributed by atoms with van der Waals surface area (Å²) in [5.41, 5.74) is 1.29. The van der Waals surface area contributed by atoms with Crippen molar-refractivity contribution in [1.29, 1.82) is 0 Å². The summed E-state index contributed by atoms with van der Waals surface area (Å²) in [4.78, 5) is 26.7. The van der Waals surface area contributed by atoms with E-state index >= 15 is 0 Å². The number of nitrogens with zero attached hydrogens (tertiary/aromatic N) is 3. The molecule has 0 aliphatic carbocycles. The first-order valence-corrected chi connectivity index (χ1v) is 9.78. The largest absolute Gasteiger partial charge is 0.497 e. The molecule has 1 aromatic carbocycles. The summed E-state index contributed by atoms with van der Waals surface area (Å²) in [6.07, 6.45) is 2.09. The molecule has 0 bridgehead atoms. The molecule has 1 N–H and O–H groups in total. The van der Waals surface area contributed by atoms with Crippen LogP contribution in [0.5, 0.6) is 5.75 Å². The van der Waals surface area contributed by atoms with Gasteiger partial charge in [-0.2, -0.15) is 5.10 Å². The standard InChI is InChI=1S/C22H28N4O4/c1-22(2,3)23-21(28)25(4)14-20(27)26-18(19-7-6-12-30-19)13-17(24-26)15-8-10-16(29-5)11-9-15/h6-12,18H,13-14H2,1-5H3,(H,23,28). The Morgan fingerprint density at radius 1 is 1.27 bits per heavy atom. The number of rotatable bonds is 5. The van der Waals surface area contributed by atoms with Crippen molar-refractivity contribution in [3.63, 3.8) is 0 Å². The Labute approximate surface area is 176 Å². The lowest BCUT2D eigenvalue weighted by Gasteiger charge is -2.27. The van der Waals surface area contributed by atoms with E-state index in [0.29, 0.717) is 12.2 Å². The van der Waals surface area contributed by atoms with Gasteiger partial charge in [-0.1, -0.05) is 0 Å². The Bertz CT molecular complexity index is 914. The predicted molar refractivity (Wildman–Crippen MR) is 113 cm³/mol. The number of benzene rings is 1. The van der Waals surface area contributed by atoms with E-state index in [2.05, 4.69) is 10.4 Å². The van der Waals surface area contributed by atoms with Crippen LogP contribution in [0.15, 0.2) is 52.2 Å². The molecule has 0 fully saturated rings. The number of ether oxygens (including phenoxy) is 1. The van der Waals surface area contributed by atoms with Crippen molar-refractivity contribution >= 4 is 17.6 Å². The molecule has 8 nitrogen and oxygen atoms in total. The molecule has 3 rings (SSSR count). The molecular formula is C22H28N4O4. The highest BCUT2D eigenvalue weighted by atomic mass is 16.5. The Kier molecular flexibility index (Phi) is 6.14. The average Bonchev–Trinajstić information content (AvgIpc) is 3.36. The molecule has 2 aromatic rings. The first-order chi connectivity index (χ1) is 14.2. The van der Waals surface area contributed by atoms with E-state index in [-0.39, 0.29) is 24.5 Å². The minimum Gasteiger partial charge on any atom is -0.497 e. The molecule has 8 heteroatoms. The fraction of sp³-hybridized carbons (Fsp3) is 0.409. The fourth-order valence-corrected chi connectivity index (χ4v) is 3.16. The third-order valence-electron chi connectivity index (χ3n) is 4.66. The highest BCUT2D eigenvalue weighted by Gasteiger charge is 2.35. The fourth-order valence-electron chi connectivity index (χ4n) is 3.16. The second kappa shape index (κ2) is 8.61. The van der Waals surface area contributed by atoms with E-state index < -0.39 is 5.54 Å². The molecule has 2 heterocycles. The predicted octanol–water partition coefficient (Wildman–Crippen LogP) is 3.41. The number of urea groups is 1. The van der Waals surface area contributed by atoms with E-state index in [1.807, 2.05) is 51.1 Å². The van der Waals surface area contributed by atoms with E-state index in [9.17, 15) is 9.59 Å². The molecule has 0 saturated carbocycles. The molecule has 1 aliphatic rings. The quantitative estimate of drug-likeness (QED) is 0.815. The number of furan rings is 1. The first-order valence-electron chi connectivity index (χ1n) is 9.78. The molecular weight excluding hydrogens is 384 g/mol. The van der Waals surface area contributed by atoms with Gasteiger partial charge in [0.05, 0.1) is 19.1 Å². The van der Waals surface area contributed by atoms with Crippen molar-refractivity contribution in [2.24, 2.45) is 5.10 Å². The maximum Gasteiger partial charge on any atom is 0.318 e. The van der Waals surface area contributed by atoms with E-state index in [1.165, 1.54) is 9.91 Å². The van der Waals surface area contributed by atoms with Gasteiger partial charge in [0.1, 0.15) is 24.1 Å². The SMILES string of the molecule is COc1ccc(C2=NN(C(=O)CN(C)C(=O)NC(C)(C)C)C(c3ccco3)C2)cc1. The van der Waals surface area contributed by atoms with Gasteiger partial charge < -0.3 is 19.4 Å². The van der Waals surface area contributed by atoms with Gasteiger partial charge in [-0.25, -0.2) is 9.80 Å². The zero-order chi connectivity index (χ0) is 21.9. The number of carbonyl (C=O) groups excluding carboxylic acids is 2. The van der Waals surface area contributed by atoms with Gasteiger partial charge in [0.2, 0.25) is 0 Å². The number of methoxy groups -OCH3 is 1. The van der Waals surface area contributed by atoms with Crippen LogP contribution in [0.2, 0.25) is 0 Å². The van der Waals surface area contributed by atoms with Crippen molar-refractivity contribution in [3.05, 3.63) is 54.0 Å². The number of hydrogen-bond donors (Lipinski definition) is 1. The van der Waals surface area contributed by atoms with Gasteiger partial charge >= 0.3 is 6.03 Å². The summed E-state index contributed by atoms with van der Waals surface area (Å²) >= 11 is 0. The van der Waals surface area contributed by atoms with Gasteiger partial charge in [-0.15, -0.1) is 0 Å². The van der Waals surface area contributed by atoms with Crippen LogP contribution in [-0.4, -0.2) is 53.8 Å². The van der Waals surface area contributed by atoms with Crippen molar-refractivity contribution in [2.45, 2.75) is 38.8 Å². The Hall–Kier alpha value is -3.29. The number of nitrogens with one attached hydrogen (secondary N) is 1. The van der Waals surface area contributed by atoms with Crippen LogP contribution < -0.4 is 10.1 Å². The van der Waals surface area contributed by atoms with Crippen LogP contribution in [0.1, 0.15) is 44.6 Å². The van der Waals surface area contributed by atoms with Gasteiger partial charge in [0.25, 0.3) is 5.91 Å². The molecule has 0 saturated heterocycles. The molecule has 0 radical (unpaired) electrons. The molecule has 30 heavy (non-hydrogen) atoms. The van der Waals surface area contributed by atoms with Crippen molar-refractivity contribution in [1.82, 2.24) is 15.2 Å². The monoisotopic (exact) mass is 412 g/mol. The molecule has 1 atom stereocenters. The van der Waals surface area contributed by atoms with Crippen LogP contribution in [0.3, 0.4) is 0 Å². The summed E-state index contributed by atoms with van der Waals surface area (Å²) in [7, 11) is 3.20. The molecule has 0 spiro atoms. The van der Waals surface area contributed by atoms with Crippen molar-refractivity contribution < 1.29 is 18.7 Å². The molecule has 1 aliphatic heterocycles. The maximum absolute atomic E-state index is 13.0. The summed E-state index contributed by atoms with van der Waals surface area (Å²) in [5, 5.41) is 8.84. The van der Waals surface area contributed by atoms with Crippen LogP contribution in [-0.2, 0) is 4.79 Å². The Morgan fingerprint density at radius 2 is 1.97 bits per heavy atom. The number of carbonyl (C=O) groups is 2. The van der Waals surface area contributed by atoms with Gasteiger partial charge in [0.15, 0.2) is 0 Å².